The van der Waals surface area contributed by atoms with Crippen LogP contribution in [0.5, 0.6) is 0 Å². The van der Waals surface area contributed by atoms with Crippen molar-refractivity contribution in [2.24, 2.45) is 0 Å². The second-order valence-corrected chi connectivity index (χ2v) is 6.36. The first kappa shape index (κ1) is 15.7. The van der Waals surface area contributed by atoms with Gasteiger partial charge in [-0.3, -0.25) is 19.3 Å². The highest BCUT2D eigenvalue weighted by atomic mass is 127. The van der Waals surface area contributed by atoms with Crippen LogP contribution in [0.25, 0.3) is 0 Å². The molecule has 0 saturated carbocycles. The van der Waals surface area contributed by atoms with Crippen LogP contribution < -0.4 is 5.32 Å². The van der Waals surface area contributed by atoms with Crippen LogP contribution in [0.3, 0.4) is 0 Å². The summed E-state index contributed by atoms with van der Waals surface area (Å²) >= 11 is 2.16. The average Bonchev–Trinajstić information content (AvgIpc) is 2.77. The average molecular weight is 420 g/mol. The molecule has 6 heteroatoms. The number of rotatable bonds is 4. The zero-order valence-electron chi connectivity index (χ0n) is 12.1. The van der Waals surface area contributed by atoms with E-state index in [1.807, 2.05) is 18.2 Å². The maximum absolute atomic E-state index is 12.2. The molecule has 0 unspecified atom stereocenters. The number of nitrogens with one attached hydrogen (secondary N) is 1. The van der Waals surface area contributed by atoms with Gasteiger partial charge >= 0.3 is 0 Å². The van der Waals surface area contributed by atoms with Gasteiger partial charge in [0.25, 0.3) is 11.8 Å². The Kier molecular flexibility index (Phi) is 4.42. The van der Waals surface area contributed by atoms with Gasteiger partial charge in [0.2, 0.25) is 5.91 Å². The number of carbonyl (C=O) groups excluding carboxylic acids is 3. The Morgan fingerprint density at radius 2 is 1.65 bits per heavy atom. The van der Waals surface area contributed by atoms with Crippen molar-refractivity contribution in [3.05, 3.63) is 63.2 Å². The van der Waals surface area contributed by atoms with Crippen LogP contribution in [-0.2, 0) is 4.79 Å². The third kappa shape index (κ3) is 3.26. The first-order chi connectivity index (χ1) is 11.1. The summed E-state index contributed by atoms with van der Waals surface area (Å²) in [6.07, 6.45) is 0.0664. The van der Waals surface area contributed by atoms with Crippen LogP contribution in [0.15, 0.2) is 48.5 Å². The number of carbonyl (C=O) groups is 3. The van der Waals surface area contributed by atoms with Crippen molar-refractivity contribution in [1.29, 1.82) is 0 Å². The molecule has 0 saturated heterocycles. The van der Waals surface area contributed by atoms with Gasteiger partial charge in [-0.25, -0.2) is 0 Å². The Morgan fingerprint density at radius 3 is 2.26 bits per heavy atom. The summed E-state index contributed by atoms with van der Waals surface area (Å²) in [6.45, 7) is 0.0715. The molecular weight excluding hydrogens is 407 g/mol. The lowest BCUT2D eigenvalue weighted by atomic mass is 10.1. The monoisotopic (exact) mass is 420 g/mol. The van der Waals surface area contributed by atoms with E-state index in [-0.39, 0.29) is 30.7 Å². The molecule has 0 atom stereocenters. The van der Waals surface area contributed by atoms with Gasteiger partial charge in [0.05, 0.1) is 11.1 Å². The Bertz CT molecular complexity index is 769. The number of halogens is 1. The van der Waals surface area contributed by atoms with Gasteiger partial charge in [0.15, 0.2) is 0 Å². The lowest BCUT2D eigenvalue weighted by Gasteiger charge is -2.13. The predicted octanol–water partition coefficient (Wildman–Crippen LogP) is 2.92. The second kappa shape index (κ2) is 6.49. The standard InChI is InChI=1S/C17H13IN2O3/c18-11-4-3-5-12(10-11)19-15(21)8-9-20-16(22)13-6-1-2-7-14(13)17(20)23/h1-7,10H,8-9H2,(H,19,21). The quantitative estimate of drug-likeness (QED) is 0.611. The molecule has 1 aliphatic rings. The van der Waals surface area contributed by atoms with Crippen LogP contribution in [-0.4, -0.2) is 29.2 Å². The number of anilines is 1. The molecule has 5 nitrogen and oxygen atoms in total. The van der Waals surface area contributed by atoms with E-state index in [0.29, 0.717) is 16.8 Å². The molecule has 23 heavy (non-hydrogen) atoms. The summed E-state index contributed by atoms with van der Waals surface area (Å²) in [7, 11) is 0. The molecule has 0 spiro atoms. The molecule has 0 aromatic heterocycles. The van der Waals surface area contributed by atoms with Crippen molar-refractivity contribution in [3.8, 4) is 0 Å². The van der Waals surface area contributed by atoms with E-state index >= 15 is 0 Å². The van der Waals surface area contributed by atoms with Crippen molar-refractivity contribution in [2.75, 3.05) is 11.9 Å². The third-order valence-corrected chi connectivity index (χ3v) is 4.22. The van der Waals surface area contributed by atoms with Crippen molar-refractivity contribution in [3.63, 3.8) is 0 Å². The number of imide groups is 1. The van der Waals surface area contributed by atoms with E-state index < -0.39 is 0 Å². The molecule has 3 amide bonds. The van der Waals surface area contributed by atoms with Crippen LogP contribution in [0.1, 0.15) is 27.1 Å². The second-order valence-electron chi connectivity index (χ2n) is 5.12. The van der Waals surface area contributed by atoms with Gasteiger partial charge in [-0.1, -0.05) is 18.2 Å². The van der Waals surface area contributed by atoms with Crippen LogP contribution in [0, 0.1) is 3.57 Å². The molecule has 2 aromatic carbocycles. The van der Waals surface area contributed by atoms with Crippen LogP contribution in [0.2, 0.25) is 0 Å². The summed E-state index contributed by atoms with van der Waals surface area (Å²) in [5, 5.41) is 2.76. The summed E-state index contributed by atoms with van der Waals surface area (Å²) in [5.41, 5.74) is 1.50. The minimum absolute atomic E-state index is 0.0664. The number of amides is 3. The summed E-state index contributed by atoms with van der Waals surface area (Å²) in [5.74, 6) is -0.913. The smallest absolute Gasteiger partial charge is 0.261 e. The lowest BCUT2D eigenvalue weighted by Crippen LogP contribution is -2.32. The molecule has 0 fully saturated rings. The molecule has 1 aliphatic heterocycles. The predicted molar refractivity (Wildman–Crippen MR) is 94.2 cm³/mol. The first-order valence-corrected chi connectivity index (χ1v) is 8.15. The van der Waals surface area contributed by atoms with Gasteiger partial charge in [-0.15, -0.1) is 0 Å². The van der Waals surface area contributed by atoms with Crippen LogP contribution >= 0.6 is 22.6 Å². The Hall–Kier alpha value is -2.22. The maximum Gasteiger partial charge on any atom is 0.261 e. The summed E-state index contributed by atoms with van der Waals surface area (Å²) < 4.78 is 1.01. The van der Waals surface area contributed by atoms with E-state index in [2.05, 4.69) is 27.9 Å². The fourth-order valence-corrected chi connectivity index (χ4v) is 2.99. The molecule has 1 heterocycles. The number of hydrogen-bond donors (Lipinski definition) is 1. The molecule has 0 radical (unpaired) electrons. The number of fused-ring (bicyclic) bond motifs is 1. The van der Waals surface area contributed by atoms with Crippen molar-refractivity contribution >= 4 is 46.0 Å². The van der Waals surface area contributed by atoms with Crippen molar-refractivity contribution in [2.45, 2.75) is 6.42 Å². The third-order valence-electron chi connectivity index (χ3n) is 3.55. The molecule has 1 N–H and O–H groups in total. The molecule has 0 bridgehead atoms. The van der Waals surface area contributed by atoms with E-state index in [9.17, 15) is 14.4 Å². The molecule has 3 rings (SSSR count). The maximum atomic E-state index is 12.2. The van der Waals surface area contributed by atoms with Gasteiger partial charge in [-0.05, 0) is 52.9 Å². The number of benzene rings is 2. The molecule has 0 aliphatic carbocycles. The lowest BCUT2D eigenvalue weighted by molar-refractivity contribution is -0.116. The highest BCUT2D eigenvalue weighted by Gasteiger charge is 2.34. The van der Waals surface area contributed by atoms with Crippen molar-refractivity contribution < 1.29 is 14.4 Å². The fraction of sp³-hybridized carbons (Fsp3) is 0.118. The zero-order chi connectivity index (χ0) is 16.4. The molecule has 2 aromatic rings. The van der Waals surface area contributed by atoms with E-state index in [4.69, 9.17) is 0 Å². The van der Waals surface area contributed by atoms with Gasteiger partial charge in [-0.2, -0.15) is 0 Å². The van der Waals surface area contributed by atoms with Crippen LogP contribution in [0.4, 0.5) is 5.69 Å². The highest BCUT2D eigenvalue weighted by molar-refractivity contribution is 14.1. The van der Waals surface area contributed by atoms with Crippen molar-refractivity contribution in [1.82, 2.24) is 4.90 Å². The number of nitrogens with zero attached hydrogens (tertiary/aromatic N) is 1. The van der Waals surface area contributed by atoms with E-state index in [0.717, 1.165) is 8.47 Å². The van der Waals surface area contributed by atoms with E-state index in [1.54, 1.807) is 30.3 Å². The summed E-state index contributed by atoms with van der Waals surface area (Å²) in [6, 6.07) is 14.1. The molecular formula is C17H13IN2O3. The van der Waals surface area contributed by atoms with Gasteiger partial charge in [0, 0.05) is 22.2 Å². The number of hydrogen-bond acceptors (Lipinski definition) is 3. The highest BCUT2D eigenvalue weighted by Crippen LogP contribution is 2.22. The Balaban J connectivity index is 1.62. The normalized spacial score (nSPS) is 13.2. The minimum Gasteiger partial charge on any atom is -0.326 e. The van der Waals surface area contributed by atoms with Gasteiger partial charge < -0.3 is 5.32 Å². The van der Waals surface area contributed by atoms with E-state index in [1.165, 1.54) is 0 Å². The largest absolute Gasteiger partial charge is 0.326 e. The topological polar surface area (TPSA) is 66.5 Å². The summed E-state index contributed by atoms with van der Waals surface area (Å²) in [4.78, 5) is 37.5. The SMILES string of the molecule is O=C(CCN1C(=O)c2ccccc2C1=O)Nc1cccc(I)c1. The minimum atomic E-state index is -0.340. The molecule has 116 valence electrons. The van der Waals surface area contributed by atoms with Gasteiger partial charge in [0.1, 0.15) is 0 Å². The zero-order valence-corrected chi connectivity index (χ0v) is 14.2. The Labute approximate surface area is 146 Å². The Morgan fingerprint density at radius 1 is 1.00 bits per heavy atom. The fourth-order valence-electron chi connectivity index (χ4n) is 2.45. The first-order valence-electron chi connectivity index (χ1n) is 7.07.